The zero-order valence-electron chi connectivity index (χ0n) is 14.3. The molecular formula is C19H14BrClO6. The lowest BCUT2D eigenvalue weighted by molar-refractivity contribution is -0.142. The molecule has 0 radical (unpaired) electrons. The highest BCUT2D eigenvalue weighted by molar-refractivity contribution is 9.10. The smallest absolute Gasteiger partial charge is 0.351 e. The third-order valence-corrected chi connectivity index (χ3v) is 4.34. The molecule has 2 aromatic rings. The molecule has 2 rings (SSSR count). The van der Waals surface area contributed by atoms with Crippen LogP contribution < -0.4 is 4.74 Å². The van der Waals surface area contributed by atoms with Crippen molar-refractivity contribution in [1.82, 2.24) is 0 Å². The SMILES string of the molecule is COC(=O)/C(C(=O)Oc1ccc(Cl)cc1)=C(/C(=O)OC)c1ccccc1Br. The molecule has 0 amide bonds. The Labute approximate surface area is 168 Å². The zero-order chi connectivity index (χ0) is 20.0. The van der Waals surface area contributed by atoms with Crippen molar-refractivity contribution in [2.75, 3.05) is 14.2 Å². The molecule has 0 aliphatic heterocycles. The van der Waals surface area contributed by atoms with Gasteiger partial charge in [-0.15, -0.1) is 0 Å². The van der Waals surface area contributed by atoms with Crippen LogP contribution in [0.4, 0.5) is 0 Å². The number of methoxy groups -OCH3 is 2. The average molecular weight is 454 g/mol. The minimum absolute atomic E-state index is 0.141. The van der Waals surface area contributed by atoms with E-state index in [1.807, 2.05) is 0 Å². The van der Waals surface area contributed by atoms with E-state index in [4.69, 9.17) is 21.1 Å². The monoisotopic (exact) mass is 452 g/mol. The fraction of sp³-hybridized carbons (Fsp3) is 0.105. The second-order valence-corrected chi connectivity index (χ2v) is 6.35. The van der Waals surface area contributed by atoms with Gasteiger partial charge in [-0.3, -0.25) is 0 Å². The van der Waals surface area contributed by atoms with Gasteiger partial charge in [-0.25, -0.2) is 14.4 Å². The largest absolute Gasteiger partial charge is 0.465 e. The Morgan fingerprint density at radius 3 is 2.00 bits per heavy atom. The first-order valence-corrected chi connectivity index (χ1v) is 8.69. The van der Waals surface area contributed by atoms with E-state index in [0.717, 1.165) is 14.2 Å². The first-order valence-electron chi connectivity index (χ1n) is 7.52. The van der Waals surface area contributed by atoms with Crippen LogP contribution in [0.5, 0.6) is 5.75 Å². The second-order valence-electron chi connectivity index (χ2n) is 5.06. The van der Waals surface area contributed by atoms with Crippen LogP contribution in [-0.4, -0.2) is 32.1 Å². The summed E-state index contributed by atoms with van der Waals surface area (Å²) in [5.74, 6) is -2.86. The summed E-state index contributed by atoms with van der Waals surface area (Å²) in [5.41, 5.74) is -0.597. The molecular weight excluding hydrogens is 440 g/mol. The summed E-state index contributed by atoms with van der Waals surface area (Å²) in [5, 5.41) is 0.446. The number of carbonyl (C=O) groups is 3. The molecule has 0 fully saturated rings. The van der Waals surface area contributed by atoms with E-state index in [-0.39, 0.29) is 16.9 Å². The summed E-state index contributed by atoms with van der Waals surface area (Å²) in [6.45, 7) is 0. The summed E-state index contributed by atoms with van der Waals surface area (Å²) in [4.78, 5) is 37.4. The molecule has 0 spiro atoms. The third-order valence-electron chi connectivity index (χ3n) is 3.40. The lowest BCUT2D eigenvalue weighted by Gasteiger charge is -2.13. The van der Waals surface area contributed by atoms with Crippen LogP contribution in [0.3, 0.4) is 0 Å². The summed E-state index contributed by atoms with van der Waals surface area (Å²) < 4.78 is 15.1. The Bertz CT molecular complexity index is 905. The van der Waals surface area contributed by atoms with Crippen molar-refractivity contribution in [3.05, 3.63) is 69.2 Å². The van der Waals surface area contributed by atoms with Crippen LogP contribution in [0.15, 0.2) is 58.6 Å². The van der Waals surface area contributed by atoms with Crippen molar-refractivity contribution in [2.45, 2.75) is 0 Å². The van der Waals surface area contributed by atoms with Gasteiger partial charge in [0.15, 0.2) is 5.57 Å². The van der Waals surface area contributed by atoms with Crippen LogP contribution >= 0.6 is 27.5 Å². The van der Waals surface area contributed by atoms with Gasteiger partial charge < -0.3 is 14.2 Å². The van der Waals surface area contributed by atoms with Gasteiger partial charge in [0, 0.05) is 15.1 Å². The van der Waals surface area contributed by atoms with E-state index in [2.05, 4.69) is 20.7 Å². The Kier molecular flexibility index (Phi) is 7.15. The van der Waals surface area contributed by atoms with Gasteiger partial charge in [0.05, 0.1) is 19.8 Å². The van der Waals surface area contributed by atoms with Crippen molar-refractivity contribution in [1.29, 1.82) is 0 Å². The predicted molar refractivity (Wildman–Crippen MR) is 102 cm³/mol. The van der Waals surface area contributed by atoms with Gasteiger partial charge in [0.1, 0.15) is 5.75 Å². The van der Waals surface area contributed by atoms with Crippen LogP contribution in [0, 0.1) is 0 Å². The van der Waals surface area contributed by atoms with Crippen molar-refractivity contribution in [3.8, 4) is 5.75 Å². The number of hydrogen-bond donors (Lipinski definition) is 0. The summed E-state index contributed by atoms with van der Waals surface area (Å²) in [6.07, 6.45) is 0. The van der Waals surface area contributed by atoms with Gasteiger partial charge in [0.25, 0.3) is 0 Å². The summed E-state index contributed by atoms with van der Waals surface area (Å²) in [7, 11) is 2.23. The normalized spacial score (nSPS) is 11.3. The Morgan fingerprint density at radius 1 is 0.852 bits per heavy atom. The summed E-state index contributed by atoms with van der Waals surface area (Å²) >= 11 is 9.10. The van der Waals surface area contributed by atoms with E-state index in [1.54, 1.807) is 24.3 Å². The van der Waals surface area contributed by atoms with E-state index in [1.165, 1.54) is 24.3 Å². The van der Waals surface area contributed by atoms with Crippen molar-refractivity contribution in [3.63, 3.8) is 0 Å². The van der Waals surface area contributed by atoms with Crippen LogP contribution in [-0.2, 0) is 23.9 Å². The highest BCUT2D eigenvalue weighted by Gasteiger charge is 2.32. The molecule has 0 heterocycles. The Hall–Kier alpha value is -2.64. The maximum Gasteiger partial charge on any atom is 0.351 e. The zero-order valence-corrected chi connectivity index (χ0v) is 16.7. The van der Waals surface area contributed by atoms with Gasteiger partial charge in [-0.2, -0.15) is 0 Å². The minimum atomic E-state index is -1.07. The quantitative estimate of drug-likeness (QED) is 0.225. The average Bonchev–Trinajstić information content (AvgIpc) is 2.67. The van der Waals surface area contributed by atoms with Crippen LogP contribution in [0.25, 0.3) is 5.57 Å². The molecule has 0 bridgehead atoms. The highest BCUT2D eigenvalue weighted by atomic mass is 79.9. The Morgan fingerprint density at radius 2 is 1.44 bits per heavy atom. The number of carbonyl (C=O) groups excluding carboxylic acids is 3. The minimum Gasteiger partial charge on any atom is -0.465 e. The van der Waals surface area contributed by atoms with Crippen LogP contribution in [0.1, 0.15) is 5.56 Å². The first kappa shape index (κ1) is 20.7. The topological polar surface area (TPSA) is 78.9 Å². The number of rotatable bonds is 5. The summed E-state index contributed by atoms with van der Waals surface area (Å²) in [6, 6.07) is 12.5. The lowest BCUT2D eigenvalue weighted by atomic mass is 9.99. The van der Waals surface area contributed by atoms with Gasteiger partial charge >= 0.3 is 17.9 Å². The fourth-order valence-corrected chi connectivity index (χ4v) is 2.77. The van der Waals surface area contributed by atoms with Crippen molar-refractivity contribution >= 4 is 51.0 Å². The highest BCUT2D eigenvalue weighted by Crippen LogP contribution is 2.29. The van der Waals surface area contributed by atoms with Crippen molar-refractivity contribution in [2.24, 2.45) is 0 Å². The van der Waals surface area contributed by atoms with E-state index < -0.39 is 23.5 Å². The molecule has 0 saturated heterocycles. The Balaban J connectivity index is 2.62. The lowest BCUT2D eigenvalue weighted by Crippen LogP contribution is -2.24. The fourth-order valence-electron chi connectivity index (χ4n) is 2.16. The molecule has 0 unspecified atom stereocenters. The predicted octanol–water partition coefficient (Wildman–Crippen LogP) is 3.81. The van der Waals surface area contributed by atoms with Gasteiger partial charge in [-0.05, 0) is 30.3 Å². The molecule has 0 atom stereocenters. The van der Waals surface area contributed by atoms with Crippen molar-refractivity contribution < 1.29 is 28.6 Å². The maximum atomic E-state index is 12.7. The number of halogens is 2. The molecule has 8 heteroatoms. The van der Waals surface area contributed by atoms with Gasteiger partial charge in [-0.1, -0.05) is 45.7 Å². The standard InChI is InChI=1S/C19H14BrClO6/c1-25-17(22)15(13-5-3-4-6-14(13)20)16(18(23)26-2)19(24)27-12-9-7-11(21)8-10-12/h3-10H,1-2H3/b16-15-. The van der Waals surface area contributed by atoms with E-state index in [9.17, 15) is 14.4 Å². The molecule has 0 aliphatic rings. The number of esters is 3. The molecule has 6 nitrogen and oxygen atoms in total. The van der Waals surface area contributed by atoms with Crippen LogP contribution in [0.2, 0.25) is 5.02 Å². The molecule has 0 aliphatic carbocycles. The van der Waals surface area contributed by atoms with E-state index >= 15 is 0 Å². The molecule has 2 aromatic carbocycles. The maximum absolute atomic E-state index is 12.7. The number of hydrogen-bond acceptors (Lipinski definition) is 6. The third kappa shape index (κ3) is 4.96. The first-order chi connectivity index (χ1) is 12.9. The molecule has 27 heavy (non-hydrogen) atoms. The second kappa shape index (κ2) is 9.34. The molecule has 0 saturated carbocycles. The number of ether oxygens (including phenoxy) is 3. The molecule has 0 aromatic heterocycles. The molecule has 0 N–H and O–H groups in total. The number of benzene rings is 2. The molecule has 140 valence electrons. The van der Waals surface area contributed by atoms with Gasteiger partial charge in [0.2, 0.25) is 0 Å². The van der Waals surface area contributed by atoms with E-state index in [0.29, 0.717) is 9.50 Å².